The lowest BCUT2D eigenvalue weighted by molar-refractivity contribution is -0.137. The first-order valence-corrected chi connectivity index (χ1v) is 6.63. The van der Waals surface area contributed by atoms with Gasteiger partial charge >= 0.3 is 0 Å². The van der Waals surface area contributed by atoms with Crippen molar-refractivity contribution in [3.63, 3.8) is 0 Å². The highest BCUT2D eigenvalue weighted by Crippen LogP contribution is 2.57. The molecule has 2 aliphatic carbocycles. The van der Waals surface area contributed by atoms with Gasteiger partial charge in [-0.3, -0.25) is 4.79 Å². The summed E-state index contributed by atoms with van der Waals surface area (Å²) in [6.45, 7) is 6.84. The van der Waals surface area contributed by atoms with Crippen LogP contribution in [0.25, 0.3) is 0 Å². The minimum absolute atomic E-state index is 0.112. The van der Waals surface area contributed by atoms with Crippen molar-refractivity contribution in [3.05, 3.63) is 0 Å². The van der Waals surface area contributed by atoms with E-state index in [1.165, 1.54) is 6.42 Å². The summed E-state index contributed by atoms with van der Waals surface area (Å²) in [7, 11) is 0. The van der Waals surface area contributed by atoms with Crippen molar-refractivity contribution in [1.29, 1.82) is 0 Å². The number of ether oxygens (including phenoxy) is 1. The fourth-order valence-corrected chi connectivity index (χ4v) is 3.95. The summed E-state index contributed by atoms with van der Waals surface area (Å²) in [5, 5.41) is 0. The van der Waals surface area contributed by atoms with Crippen molar-refractivity contribution in [2.45, 2.75) is 64.6 Å². The summed E-state index contributed by atoms with van der Waals surface area (Å²) in [6.07, 6.45) is 5.51. The number of hydrogen-bond acceptors (Lipinski definition) is 2. The Morgan fingerprint density at radius 2 is 2.00 bits per heavy atom. The van der Waals surface area contributed by atoms with E-state index in [1.54, 1.807) is 0 Å². The van der Waals surface area contributed by atoms with Crippen LogP contribution in [0.2, 0.25) is 0 Å². The summed E-state index contributed by atoms with van der Waals surface area (Å²) in [5.74, 6) is 1.49. The second-order valence-corrected chi connectivity index (χ2v) is 6.87. The largest absolute Gasteiger partial charge is 0.366 e. The predicted molar refractivity (Wildman–Crippen MR) is 62.1 cm³/mol. The standard InChI is InChI=1S/C14H22O2/c1-13(2)8-9-10(13)6-7-14(3)12(16-14)5-4-11(9)15/h9-10,12H,4-8H2,1-3H3/t9-,10+,12?,14-/m1/s1. The SMILES string of the molecule is CC1(C)C[C@H]2C(=O)CCC3O[C@]3(C)CC[C@@H]21. The van der Waals surface area contributed by atoms with Gasteiger partial charge in [0.05, 0.1) is 11.7 Å². The Balaban J connectivity index is 1.78. The summed E-state index contributed by atoms with van der Waals surface area (Å²) >= 11 is 0. The molecule has 1 aliphatic heterocycles. The van der Waals surface area contributed by atoms with Gasteiger partial charge in [0.2, 0.25) is 0 Å². The lowest BCUT2D eigenvalue weighted by atomic mass is 9.53. The molecule has 2 saturated carbocycles. The third-order valence-electron chi connectivity index (χ3n) is 5.29. The first-order valence-electron chi connectivity index (χ1n) is 6.63. The van der Waals surface area contributed by atoms with Gasteiger partial charge in [-0.2, -0.15) is 0 Å². The fourth-order valence-electron chi connectivity index (χ4n) is 3.95. The Labute approximate surface area is 97.7 Å². The topological polar surface area (TPSA) is 29.6 Å². The molecule has 2 nitrogen and oxygen atoms in total. The number of carbonyl (C=O) groups is 1. The molecule has 1 unspecified atom stereocenters. The highest BCUT2D eigenvalue weighted by atomic mass is 16.6. The van der Waals surface area contributed by atoms with Crippen LogP contribution in [0.1, 0.15) is 52.9 Å². The van der Waals surface area contributed by atoms with Crippen LogP contribution < -0.4 is 0 Å². The Hall–Kier alpha value is -0.370. The first kappa shape index (κ1) is 10.8. The van der Waals surface area contributed by atoms with Crippen molar-refractivity contribution in [3.8, 4) is 0 Å². The molecule has 1 saturated heterocycles. The molecule has 2 heteroatoms. The van der Waals surface area contributed by atoms with Crippen LogP contribution in [0.15, 0.2) is 0 Å². The van der Waals surface area contributed by atoms with Crippen LogP contribution in [0, 0.1) is 17.3 Å². The van der Waals surface area contributed by atoms with E-state index in [2.05, 4.69) is 20.8 Å². The van der Waals surface area contributed by atoms with E-state index in [0.717, 1.165) is 25.7 Å². The fraction of sp³-hybridized carbons (Fsp3) is 0.929. The van der Waals surface area contributed by atoms with Crippen molar-refractivity contribution < 1.29 is 9.53 Å². The van der Waals surface area contributed by atoms with Crippen LogP contribution in [-0.4, -0.2) is 17.5 Å². The number of rotatable bonds is 0. The highest BCUT2D eigenvalue weighted by molar-refractivity contribution is 5.82. The van der Waals surface area contributed by atoms with Crippen molar-refractivity contribution in [1.82, 2.24) is 0 Å². The number of Topliss-reactive ketones (excluding diaryl/α,β-unsaturated/α-hetero) is 1. The molecule has 1 heterocycles. The van der Waals surface area contributed by atoms with Crippen LogP contribution in [0.4, 0.5) is 0 Å². The van der Waals surface area contributed by atoms with E-state index >= 15 is 0 Å². The Bertz CT molecular complexity index is 334. The van der Waals surface area contributed by atoms with E-state index in [4.69, 9.17) is 4.74 Å². The smallest absolute Gasteiger partial charge is 0.136 e. The summed E-state index contributed by atoms with van der Waals surface area (Å²) in [5.41, 5.74) is 0.492. The molecule has 0 N–H and O–H groups in total. The number of carbonyl (C=O) groups excluding carboxylic acids is 1. The summed E-state index contributed by atoms with van der Waals surface area (Å²) in [4.78, 5) is 12.1. The van der Waals surface area contributed by atoms with Gasteiger partial charge in [-0.15, -0.1) is 0 Å². The van der Waals surface area contributed by atoms with Gasteiger partial charge in [0.15, 0.2) is 0 Å². The molecule has 0 aromatic carbocycles. The van der Waals surface area contributed by atoms with Crippen molar-refractivity contribution >= 4 is 5.78 Å². The molecule has 0 amide bonds. The molecule has 0 aromatic heterocycles. The van der Waals surface area contributed by atoms with Gasteiger partial charge in [0.25, 0.3) is 0 Å². The van der Waals surface area contributed by atoms with E-state index < -0.39 is 0 Å². The maximum absolute atomic E-state index is 12.1. The van der Waals surface area contributed by atoms with Crippen molar-refractivity contribution in [2.24, 2.45) is 17.3 Å². The van der Waals surface area contributed by atoms with Crippen LogP contribution >= 0.6 is 0 Å². The molecule has 0 aromatic rings. The van der Waals surface area contributed by atoms with Crippen LogP contribution in [0.3, 0.4) is 0 Å². The maximum atomic E-state index is 12.1. The molecular formula is C14H22O2. The van der Waals surface area contributed by atoms with Gasteiger partial charge in [-0.1, -0.05) is 13.8 Å². The summed E-state index contributed by atoms with van der Waals surface area (Å²) < 4.78 is 5.75. The third-order valence-corrected chi connectivity index (χ3v) is 5.29. The van der Waals surface area contributed by atoms with Gasteiger partial charge < -0.3 is 4.74 Å². The second-order valence-electron chi connectivity index (χ2n) is 6.87. The minimum atomic E-state index is 0.112. The first-order chi connectivity index (χ1) is 7.42. The van der Waals surface area contributed by atoms with E-state index in [-0.39, 0.29) is 5.60 Å². The number of fused-ring (bicyclic) bond motifs is 2. The highest BCUT2D eigenvalue weighted by Gasteiger charge is 2.56. The molecule has 16 heavy (non-hydrogen) atoms. The Morgan fingerprint density at radius 1 is 1.25 bits per heavy atom. The zero-order chi connectivity index (χ0) is 11.6. The molecule has 3 fully saturated rings. The number of ketones is 1. The molecular weight excluding hydrogens is 200 g/mol. The Kier molecular flexibility index (Phi) is 2.08. The lowest BCUT2D eigenvalue weighted by Crippen LogP contribution is -2.47. The Morgan fingerprint density at radius 3 is 2.69 bits per heavy atom. The van der Waals surface area contributed by atoms with Gasteiger partial charge in [0.1, 0.15) is 5.78 Å². The van der Waals surface area contributed by atoms with E-state index in [9.17, 15) is 4.79 Å². The number of epoxide rings is 1. The molecule has 90 valence electrons. The average molecular weight is 222 g/mol. The quantitative estimate of drug-likeness (QED) is 0.590. The lowest BCUT2D eigenvalue weighted by Gasteiger charge is -2.51. The maximum Gasteiger partial charge on any atom is 0.136 e. The molecule has 3 rings (SSSR count). The van der Waals surface area contributed by atoms with Crippen LogP contribution in [0.5, 0.6) is 0 Å². The zero-order valence-corrected chi connectivity index (χ0v) is 10.6. The normalized spacial score (nSPS) is 50.2. The molecule has 0 radical (unpaired) electrons. The van der Waals surface area contributed by atoms with Crippen LogP contribution in [-0.2, 0) is 9.53 Å². The second kappa shape index (κ2) is 3.10. The summed E-state index contributed by atoms with van der Waals surface area (Å²) in [6, 6.07) is 0. The minimum Gasteiger partial charge on any atom is -0.366 e. The molecule has 0 bridgehead atoms. The zero-order valence-electron chi connectivity index (χ0n) is 10.6. The average Bonchev–Trinajstić information content (AvgIpc) is 2.82. The van der Waals surface area contributed by atoms with Gasteiger partial charge in [-0.25, -0.2) is 0 Å². The third kappa shape index (κ3) is 1.46. The number of hydrogen-bond donors (Lipinski definition) is 0. The van der Waals surface area contributed by atoms with Crippen molar-refractivity contribution in [2.75, 3.05) is 0 Å². The van der Waals surface area contributed by atoms with E-state index in [0.29, 0.717) is 29.1 Å². The molecule has 3 aliphatic rings. The molecule has 0 spiro atoms. The predicted octanol–water partition coefficient (Wildman–Crippen LogP) is 2.95. The monoisotopic (exact) mass is 222 g/mol. The van der Waals surface area contributed by atoms with Gasteiger partial charge in [0, 0.05) is 12.3 Å². The molecule has 4 atom stereocenters. The van der Waals surface area contributed by atoms with Gasteiger partial charge in [-0.05, 0) is 43.9 Å². The van der Waals surface area contributed by atoms with E-state index in [1.807, 2.05) is 0 Å².